The Labute approximate surface area is 80.4 Å². The van der Waals surface area contributed by atoms with Crippen molar-refractivity contribution >= 4 is 17.3 Å². The summed E-state index contributed by atoms with van der Waals surface area (Å²) in [5.74, 6) is 0. The van der Waals surface area contributed by atoms with Gasteiger partial charge in [-0.25, -0.2) is 0 Å². The molecular weight excluding hydrogens is 194 g/mol. The Morgan fingerprint density at radius 1 is 1.77 bits per heavy atom. The third kappa shape index (κ3) is 1.45. The summed E-state index contributed by atoms with van der Waals surface area (Å²) in [5, 5.41) is 10.7. The number of allylic oxidation sites excluding steroid dienone is 1. The van der Waals surface area contributed by atoms with E-state index in [0.29, 0.717) is 11.3 Å². The summed E-state index contributed by atoms with van der Waals surface area (Å²) < 4.78 is 0. The molecule has 0 spiro atoms. The summed E-state index contributed by atoms with van der Waals surface area (Å²) in [6, 6.07) is 0. The van der Waals surface area contributed by atoms with E-state index in [4.69, 9.17) is 17.3 Å². The van der Waals surface area contributed by atoms with Crippen LogP contribution in [0.3, 0.4) is 0 Å². The molecule has 0 aromatic heterocycles. The summed E-state index contributed by atoms with van der Waals surface area (Å²) in [6.45, 7) is 3.30. The number of dihydropyridines is 1. The number of nitro groups is 1. The molecule has 0 saturated heterocycles. The standard InChI is InChI=1S/C7H10ClN3O2/c1-4-3-5(2)10-6(9)7(4,8)11(12)13/h3,6H,9H2,1-2H3. The Kier molecular flexibility index (Phi) is 2.40. The molecule has 1 heterocycles. The second-order valence-electron chi connectivity index (χ2n) is 2.97. The molecule has 0 fully saturated rings. The zero-order valence-corrected chi connectivity index (χ0v) is 8.08. The molecule has 2 N–H and O–H groups in total. The molecule has 0 aromatic rings. The van der Waals surface area contributed by atoms with Crippen molar-refractivity contribution in [3.05, 3.63) is 21.8 Å². The van der Waals surface area contributed by atoms with Crippen LogP contribution in [0.2, 0.25) is 0 Å². The lowest BCUT2D eigenvalue weighted by atomic mass is 10.0. The minimum atomic E-state index is -1.78. The molecule has 13 heavy (non-hydrogen) atoms. The van der Waals surface area contributed by atoms with Crippen molar-refractivity contribution in [2.75, 3.05) is 0 Å². The molecule has 5 nitrogen and oxygen atoms in total. The number of aliphatic imine (C=N–C) groups is 1. The lowest BCUT2D eigenvalue weighted by molar-refractivity contribution is -0.534. The molecule has 2 atom stereocenters. The molecule has 6 heteroatoms. The summed E-state index contributed by atoms with van der Waals surface area (Å²) in [5.41, 5.74) is 6.56. The summed E-state index contributed by atoms with van der Waals surface area (Å²) >= 11 is 5.78. The maximum Gasteiger partial charge on any atom is 0.351 e. The summed E-state index contributed by atoms with van der Waals surface area (Å²) in [4.78, 5) is 12.2. The zero-order chi connectivity index (χ0) is 10.2. The van der Waals surface area contributed by atoms with Gasteiger partial charge in [0.1, 0.15) is 0 Å². The maximum atomic E-state index is 10.7. The van der Waals surface area contributed by atoms with Crippen molar-refractivity contribution in [1.29, 1.82) is 0 Å². The highest BCUT2D eigenvalue weighted by Crippen LogP contribution is 2.32. The first-order valence-electron chi connectivity index (χ1n) is 3.71. The molecule has 0 amide bonds. The molecule has 72 valence electrons. The van der Waals surface area contributed by atoms with Gasteiger partial charge >= 0.3 is 5.00 Å². The number of alkyl halides is 1. The van der Waals surface area contributed by atoms with E-state index in [1.807, 2.05) is 0 Å². The van der Waals surface area contributed by atoms with Crippen LogP contribution >= 0.6 is 11.6 Å². The molecule has 0 aliphatic carbocycles. The number of hydrogen-bond donors (Lipinski definition) is 1. The zero-order valence-electron chi connectivity index (χ0n) is 7.32. The molecule has 0 radical (unpaired) electrons. The number of halogens is 1. The molecule has 0 saturated carbocycles. The predicted molar refractivity (Wildman–Crippen MR) is 50.4 cm³/mol. The van der Waals surface area contributed by atoms with E-state index in [-0.39, 0.29) is 0 Å². The van der Waals surface area contributed by atoms with Crippen molar-refractivity contribution in [3.8, 4) is 0 Å². The van der Waals surface area contributed by atoms with Gasteiger partial charge in [-0.2, -0.15) is 0 Å². The van der Waals surface area contributed by atoms with Crippen LogP contribution < -0.4 is 5.73 Å². The van der Waals surface area contributed by atoms with Crippen LogP contribution in [0.4, 0.5) is 0 Å². The highest BCUT2D eigenvalue weighted by Gasteiger charge is 2.50. The third-order valence-corrected chi connectivity index (χ3v) is 2.64. The Morgan fingerprint density at radius 2 is 2.31 bits per heavy atom. The van der Waals surface area contributed by atoms with Crippen LogP contribution in [0.5, 0.6) is 0 Å². The van der Waals surface area contributed by atoms with Crippen LogP contribution in [0.25, 0.3) is 0 Å². The minimum absolute atomic E-state index is 0.416. The van der Waals surface area contributed by atoms with E-state index >= 15 is 0 Å². The van der Waals surface area contributed by atoms with Gasteiger partial charge in [0.25, 0.3) is 0 Å². The van der Waals surface area contributed by atoms with Crippen LogP contribution in [0.15, 0.2) is 16.6 Å². The quantitative estimate of drug-likeness (QED) is 0.298. The Bertz CT molecular complexity index is 313. The van der Waals surface area contributed by atoms with Gasteiger partial charge in [-0.1, -0.05) is 0 Å². The monoisotopic (exact) mass is 203 g/mol. The summed E-state index contributed by atoms with van der Waals surface area (Å²) in [6.07, 6.45) is 0.549. The van der Waals surface area contributed by atoms with Crippen LogP contribution in [0, 0.1) is 10.1 Å². The Balaban J connectivity index is 3.16. The van der Waals surface area contributed by atoms with Crippen molar-refractivity contribution in [2.24, 2.45) is 10.7 Å². The normalized spacial score (nSPS) is 33.7. The molecule has 0 aromatic carbocycles. The van der Waals surface area contributed by atoms with Gasteiger partial charge in [0, 0.05) is 11.3 Å². The van der Waals surface area contributed by atoms with Crippen molar-refractivity contribution in [1.82, 2.24) is 0 Å². The lowest BCUT2D eigenvalue weighted by Gasteiger charge is -2.26. The fraction of sp³-hybridized carbons (Fsp3) is 0.571. The lowest BCUT2D eigenvalue weighted by Crippen LogP contribution is -2.51. The summed E-state index contributed by atoms with van der Waals surface area (Å²) in [7, 11) is 0. The average Bonchev–Trinajstić information content (AvgIpc) is 1.99. The SMILES string of the molecule is CC1=CC(C)=NC(N)C1(Cl)[N+](=O)[O-]. The Hall–Kier alpha value is -0.940. The largest absolute Gasteiger partial charge is 0.351 e. The van der Waals surface area contributed by atoms with Crippen molar-refractivity contribution in [3.63, 3.8) is 0 Å². The second-order valence-corrected chi connectivity index (χ2v) is 3.55. The number of hydrogen-bond acceptors (Lipinski definition) is 4. The Morgan fingerprint density at radius 3 is 2.69 bits per heavy atom. The number of rotatable bonds is 1. The number of nitrogens with zero attached hydrogens (tertiary/aromatic N) is 2. The van der Waals surface area contributed by atoms with Crippen LogP contribution in [-0.4, -0.2) is 21.8 Å². The van der Waals surface area contributed by atoms with Gasteiger partial charge in [0.05, 0.1) is 4.92 Å². The fourth-order valence-electron chi connectivity index (χ4n) is 1.24. The van der Waals surface area contributed by atoms with Crippen molar-refractivity contribution in [2.45, 2.75) is 25.0 Å². The smallest absolute Gasteiger partial charge is 0.302 e. The predicted octanol–water partition coefficient (Wildman–Crippen LogP) is 0.904. The first-order valence-corrected chi connectivity index (χ1v) is 4.09. The first-order chi connectivity index (χ1) is 5.89. The van der Waals surface area contributed by atoms with Gasteiger partial charge < -0.3 is 5.73 Å². The molecular formula is C7H10ClN3O2. The van der Waals surface area contributed by atoms with E-state index in [1.54, 1.807) is 19.9 Å². The fourth-order valence-corrected chi connectivity index (χ4v) is 1.35. The highest BCUT2D eigenvalue weighted by atomic mass is 35.5. The van der Waals surface area contributed by atoms with Gasteiger partial charge in [-0.3, -0.25) is 15.1 Å². The van der Waals surface area contributed by atoms with E-state index in [0.717, 1.165) is 0 Å². The third-order valence-electron chi connectivity index (χ3n) is 1.98. The van der Waals surface area contributed by atoms with Gasteiger partial charge in [-0.05, 0) is 31.5 Å². The highest BCUT2D eigenvalue weighted by molar-refractivity contribution is 6.25. The van der Waals surface area contributed by atoms with Gasteiger partial charge in [-0.15, -0.1) is 0 Å². The molecule has 1 aliphatic rings. The molecule has 1 rings (SSSR count). The molecule has 2 unspecified atom stereocenters. The van der Waals surface area contributed by atoms with Crippen molar-refractivity contribution < 1.29 is 4.92 Å². The van der Waals surface area contributed by atoms with Gasteiger partial charge in [0.2, 0.25) is 0 Å². The number of nitrogens with two attached hydrogens (primary N) is 1. The average molecular weight is 204 g/mol. The minimum Gasteiger partial charge on any atom is -0.302 e. The van der Waals surface area contributed by atoms with E-state index in [1.165, 1.54) is 0 Å². The van der Waals surface area contributed by atoms with Gasteiger partial charge in [0.15, 0.2) is 6.17 Å². The maximum absolute atomic E-state index is 10.7. The van der Waals surface area contributed by atoms with Crippen LogP contribution in [0.1, 0.15) is 13.8 Å². The van der Waals surface area contributed by atoms with E-state index < -0.39 is 16.1 Å². The molecule has 0 bridgehead atoms. The first kappa shape index (κ1) is 10.1. The molecule has 1 aliphatic heterocycles. The van der Waals surface area contributed by atoms with E-state index in [2.05, 4.69) is 4.99 Å². The van der Waals surface area contributed by atoms with E-state index in [9.17, 15) is 10.1 Å². The topological polar surface area (TPSA) is 81.5 Å². The van der Waals surface area contributed by atoms with Crippen LogP contribution in [-0.2, 0) is 0 Å². The second kappa shape index (κ2) is 3.08.